The zero-order chi connectivity index (χ0) is 23.0. The summed E-state index contributed by atoms with van der Waals surface area (Å²) in [5, 5.41) is 11.3. The zero-order valence-electron chi connectivity index (χ0n) is 18.9. The van der Waals surface area contributed by atoms with Gasteiger partial charge in [-0.2, -0.15) is 0 Å². The minimum atomic E-state index is -0.541. The Morgan fingerprint density at radius 1 is 0.939 bits per heavy atom. The summed E-state index contributed by atoms with van der Waals surface area (Å²) in [6.45, 7) is 1.71. The maximum Gasteiger partial charge on any atom is 0.338 e. The number of hydrogen-bond acceptors (Lipinski definition) is 6. The molecule has 1 saturated carbocycles. The molecule has 1 N–H and O–H groups in total. The second-order valence-electron chi connectivity index (χ2n) is 8.49. The van der Waals surface area contributed by atoms with Crippen LogP contribution in [0.4, 0.5) is 0 Å². The Morgan fingerprint density at radius 2 is 1.61 bits per heavy atom. The molecule has 0 spiro atoms. The Labute approximate surface area is 193 Å². The Hall–Kier alpha value is -3.48. The molecule has 172 valence electrons. The fraction of sp³-hybridized carbons (Fsp3) is 0.385. The number of carbonyl (C=O) groups is 2. The topological polar surface area (TPSA) is 94.3 Å². The number of rotatable bonds is 6. The second-order valence-corrected chi connectivity index (χ2v) is 8.49. The van der Waals surface area contributed by atoms with Crippen molar-refractivity contribution in [2.45, 2.75) is 57.9 Å². The van der Waals surface area contributed by atoms with Gasteiger partial charge in [-0.05, 0) is 55.7 Å². The molecule has 0 saturated heterocycles. The predicted octanol–water partition coefficient (Wildman–Crippen LogP) is 5.10. The number of esters is 1. The lowest BCUT2D eigenvalue weighted by molar-refractivity contribution is -0.125. The van der Waals surface area contributed by atoms with Gasteiger partial charge in [-0.25, -0.2) is 4.79 Å². The van der Waals surface area contributed by atoms with Crippen molar-refractivity contribution >= 4 is 11.9 Å². The van der Waals surface area contributed by atoms with Gasteiger partial charge in [-0.3, -0.25) is 4.79 Å². The molecule has 0 bridgehead atoms. The van der Waals surface area contributed by atoms with Gasteiger partial charge in [0.15, 0.2) is 6.61 Å². The van der Waals surface area contributed by atoms with E-state index >= 15 is 0 Å². The standard InChI is InChI=1S/C26H29N3O4/c1-18-9-7-8-12-22(18)25-29-28-24(33-25)19-13-15-20(16-14-19)26(31)32-17-23(30)27-21-10-5-3-2-4-6-11-21/h7-9,12-16,21H,2-6,10-11,17H2,1H3,(H,27,30). The number of carbonyl (C=O) groups excluding carboxylic acids is 2. The smallest absolute Gasteiger partial charge is 0.338 e. The van der Waals surface area contributed by atoms with E-state index in [1.807, 2.05) is 31.2 Å². The van der Waals surface area contributed by atoms with Crippen LogP contribution in [-0.2, 0) is 9.53 Å². The van der Waals surface area contributed by atoms with E-state index in [-0.39, 0.29) is 18.6 Å². The first-order valence-corrected chi connectivity index (χ1v) is 11.6. The highest BCUT2D eigenvalue weighted by molar-refractivity contribution is 5.91. The molecule has 1 aliphatic carbocycles. The van der Waals surface area contributed by atoms with E-state index in [4.69, 9.17) is 9.15 Å². The molecule has 1 amide bonds. The number of aromatic nitrogens is 2. The van der Waals surface area contributed by atoms with Gasteiger partial charge in [0.05, 0.1) is 5.56 Å². The van der Waals surface area contributed by atoms with Crippen LogP contribution < -0.4 is 5.32 Å². The third-order valence-electron chi connectivity index (χ3n) is 5.97. The number of hydrogen-bond donors (Lipinski definition) is 1. The van der Waals surface area contributed by atoms with E-state index in [2.05, 4.69) is 15.5 Å². The predicted molar refractivity (Wildman–Crippen MR) is 124 cm³/mol. The van der Waals surface area contributed by atoms with Crippen molar-refractivity contribution < 1.29 is 18.7 Å². The van der Waals surface area contributed by atoms with Crippen molar-refractivity contribution in [3.05, 3.63) is 59.7 Å². The van der Waals surface area contributed by atoms with Crippen LogP contribution in [-0.4, -0.2) is 34.7 Å². The molecule has 1 heterocycles. The molecule has 0 radical (unpaired) electrons. The largest absolute Gasteiger partial charge is 0.452 e. The quantitative estimate of drug-likeness (QED) is 0.529. The molecule has 2 aromatic carbocycles. The first-order valence-electron chi connectivity index (χ1n) is 11.6. The number of ether oxygens (including phenoxy) is 1. The number of nitrogens with zero attached hydrogens (tertiary/aromatic N) is 2. The molecule has 3 aromatic rings. The maximum atomic E-state index is 12.4. The molecular weight excluding hydrogens is 418 g/mol. The summed E-state index contributed by atoms with van der Waals surface area (Å²) in [7, 11) is 0. The van der Waals surface area contributed by atoms with Gasteiger partial charge in [0.2, 0.25) is 11.8 Å². The van der Waals surface area contributed by atoms with Gasteiger partial charge >= 0.3 is 5.97 Å². The Morgan fingerprint density at radius 3 is 2.33 bits per heavy atom. The molecule has 1 aromatic heterocycles. The van der Waals surface area contributed by atoms with Gasteiger partial charge < -0.3 is 14.5 Å². The van der Waals surface area contributed by atoms with Crippen molar-refractivity contribution in [1.82, 2.24) is 15.5 Å². The molecular formula is C26H29N3O4. The molecule has 33 heavy (non-hydrogen) atoms. The van der Waals surface area contributed by atoms with Crippen LogP contribution in [0.25, 0.3) is 22.9 Å². The number of benzene rings is 2. The Kier molecular flexibility index (Phi) is 7.50. The lowest BCUT2D eigenvalue weighted by Gasteiger charge is -2.20. The maximum absolute atomic E-state index is 12.4. The van der Waals surface area contributed by atoms with Crippen molar-refractivity contribution in [2.75, 3.05) is 6.61 Å². The number of amides is 1. The molecule has 0 atom stereocenters. The molecule has 7 heteroatoms. The van der Waals surface area contributed by atoms with Crippen LogP contribution >= 0.6 is 0 Å². The summed E-state index contributed by atoms with van der Waals surface area (Å²) < 4.78 is 11.0. The van der Waals surface area contributed by atoms with Crippen LogP contribution in [0.1, 0.15) is 60.9 Å². The highest BCUT2D eigenvalue weighted by atomic mass is 16.5. The first kappa shape index (κ1) is 22.7. The lowest BCUT2D eigenvalue weighted by Crippen LogP contribution is -2.38. The second kappa shape index (κ2) is 10.9. The van der Waals surface area contributed by atoms with E-state index in [1.54, 1.807) is 24.3 Å². The van der Waals surface area contributed by atoms with Crippen LogP contribution in [0.2, 0.25) is 0 Å². The molecule has 4 rings (SSSR count). The fourth-order valence-corrected chi connectivity index (χ4v) is 4.09. The van der Waals surface area contributed by atoms with Crippen LogP contribution in [0, 0.1) is 6.92 Å². The summed E-state index contributed by atoms with van der Waals surface area (Å²) in [5.41, 5.74) is 2.98. The van der Waals surface area contributed by atoms with Gasteiger partial charge in [-0.15, -0.1) is 10.2 Å². The van der Waals surface area contributed by atoms with Crippen molar-refractivity contribution in [2.24, 2.45) is 0 Å². The Balaban J connectivity index is 1.31. The van der Waals surface area contributed by atoms with Gasteiger partial charge in [0, 0.05) is 17.2 Å². The molecule has 1 aliphatic rings. The molecule has 0 aliphatic heterocycles. The molecule has 7 nitrogen and oxygen atoms in total. The normalized spacial score (nSPS) is 14.8. The Bertz CT molecular complexity index is 1080. The van der Waals surface area contributed by atoms with E-state index in [0.29, 0.717) is 22.9 Å². The summed E-state index contributed by atoms with van der Waals surface area (Å²) >= 11 is 0. The SMILES string of the molecule is Cc1ccccc1-c1nnc(-c2ccc(C(=O)OCC(=O)NC3CCCCCCC3)cc2)o1. The summed E-state index contributed by atoms with van der Waals surface area (Å²) in [5.74, 6) is 0.0225. The van der Waals surface area contributed by atoms with Crippen LogP contribution in [0.3, 0.4) is 0 Å². The van der Waals surface area contributed by atoms with E-state index < -0.39 is 5.97 Å². The van der Waals surface area contributed by atoms with Gasteiger partial charge in [-0.1, -0.05) is 50.3 Å². The third-order valence-corrected chi connectivity index (χ3v) is 5.97. The minimum absolute atomic E-state index is 0.176. The van der Waals surface area contributed by atoms with Crippen LogP contribution in [0.15, 0.2) is 52.9 Å². The van der Waals surface area contributed by atoms with E-state index in [1.165, 1.54) is 19.3 Å². The number of aryl methyl sites for hydroxylation is 1. The zero-order valence-corrected chi connectivity index (χ0v) is 18.9. The van der Waals surface area contributed by atoms with E-state index in [9.17, 15) is 9.59 Å². The average molecular weight is 448 g/mol. The number of nitrogens with one attached hydrogen (secondary N) is 1. The lowest BCUT2D eigenvalue weighted by atomic mass is 9.97. The summed E-state index contributed by atoms with van der Waals surface area (Å²) in [4.78, 5) is 24.6. The van der Waals surface area contributed by atoms with Crippen molar-refractivity contribution in [3.8, 4) is 22.9 Å². The van der Waals surface area contributed by atoms with Gasteiger partial charge in [0.1, 0.15) is 0 Å². The molecule has 0 unspecified atom stereocenters. The monoisotopic (exact) mass is 447 g/mol. The van der Waals surface area contributed by atoms with Crippen molar-refractivity contribution in [3.63, 3.8) is 0 Å². The summed E-state index contributed by atoms with van der Waals surface area (Å²) in [6, 6.07) is 14.7. The third kappa shape index (κ3) is 6.06. The average Bonchev–Trinajstić information content (AvgIpc) is 3.29. The highest BCUT2D eigenvalue weighted by Crippen LogP contribution is 2.26. The van der Waals surface area contributed by atoms with Crippen LogP contribution in [0.5, 0.6) is 0 Å². The highest BCUT2D eigenvalue weighted by Gasteiger charge is 2.17. The van der Waals surface area contributed by atoms with Crippen molar-refractivity contribution in [1.29, 1.82) is 0 Å². The van der Waals surface area contributed by atoms with Gasteiger partial charge in [0.25, 0.3) is 5.91 Å². The van der Waals surface area contributed by atoms with E-state index in [0.717, 1.165) is 36.8 Å². The first-order chi connectivity index (χ1) is 16.1. The minimum Gasteiger partial charge on any atom is -0.452 e. The fourth-order valence-electron chi connectivity index (χ4n) is 4.09. The molecule has 1 fully saturated rings. The summed E-state index contributed by atoms with van der Waals surface area (Å²) in [6.07, 6.45) is 7.94.